The van der Waals surface area contributed by atoms with Gasteiger partial charge in [0.2, 0.25) is 0 Å². The van der Waals surface area contributed by atoms with Gasteiger partial charge in [0, 0.05) is 38.9 Å². The van der Waals surface area contributed by atoms with E-state index in [0.29, 0.717) is 36.2 Å². The Balaban J connectivity index is 1.37. The number of unbranched alkanes of at least 4 members (excludes halogenated alkanes) is 1. The third kappa shape index (κ3) is 11.9. The maximum absolute atomic E-state index is 14.2. The van der Waals surface area contributed by atoms with E-state index in [1.54, 1.807) is 65.8 Å². The van der Waals surface area contributed by atoms with Gasteiger partial charge in [-0.3, -0.25) is 9.59 Å². The fourth-order valence-corrected chi connectivity index (χ4v) is 8.36. The van der Waals surface area contributed by atoms with Crippen molar-refractivity contribution < 1.29 is 70.3 Å². The Labute approximate surface area is 414 Å². The second kappa shape index (κ2) is 21.5. The summed E-state index contributed by atoms with van der Waals surface area (Å²) in [4.78, 5) is 51.7. The van der Waals surface area contributed by atoms with Crippen molar-refractivity contribution in [2.45, 2.75) is 123 Å². The first-order valence-electron chi connectivity index (χ1n) is 23.4. The molecule has 2 atom stereocenters. The average molecular weight is 1010 g/mol. The smallest absolute Gasteiger partial charge is 0.430 e. The van der Waals surface area contributed by atoms with Gasteiger partial charge in [0.25, 0.3) is 11.5 Å². The van der Waals surface area contributed by atoms with Crippen LogP contribution in [0.1, 0.15) is 153 Å². The summed E-state index contributed by atoms with van der Waals surface area (Å²) >= 11 is 0. The summed E-state index contributed by atoms with van der Waals surface area (Å²) in [6.07, 6.45) is -9.38. The van der Waals surface area contributed by atoms with Crippen molar-refractivity contribution in [1.29, 1.82) is 0 Å². The van der Waals surface area contributed by atoms with Crippen LogP contribution in [0.15, 0.2) is 103 Å². The number of ketones is 1. The van der Waals surface area contributed by atoms with Gasteiger partial charge in [0.1, 0.15) is 23.0 Å². The second-order valence-electron chi connectivity index (χ2n) is 19.3. The van der Waals surface area contributed by atoms with Gasteiger partial charge >= 0.3 is 24.3 Å². The molecular formula is C55H60F6N2O9. The van der Waals surface area contributed by atoms with E-state index in [2.05, 4.69) is 10.6 Å². The van der Waals surface area contributed by atoms with Gasteiger partial charge in [-0.05, 0) is 110 Å². The van der Waals surface area contributed by atoms with Gasteiger partial charge in [-0.2, -0.15) is 26.3 Å². The lowest BCUT2D eigenvalue weighted by Gasteiger charge is -2.40. The van der Waals surface area contributed by atoms with Gasteiger partial charge in [-0.1, -0.05) is 105 Å². The van der Waals surface area contributed by atoms with Gasteiger partial charge in [-0.15, -0.1) is 0 Å². The Bertz CT molecular complexity index is 2770. The predicted molar refractivity (Wildman–Crippen MR) is 262 cm³/mol. The van der Waals surface area contributed by atoms with E-state index < -0.39 is 74.5 Å². The van der Waals surface area contributed by atoms with Crippen LogP contribution >= 0.6 is 0 Å². The van der Waals surface area contributed by atoms with E-state index in [0.717, 1.165) is 48.2 Å². The average Bonchev–Trinajstić information content (AvgIpc) is 3.32. The van der Waals surface area contributed by atoms with Crippen LogP contribution in [-0.2, 0) is 11.0 Å². The molecule has 0 aliphatic carbocycles. The van der Waals surface area contributed by atoms with Crippen LogP contribution in [0.4, 0.5) is 37.7 Å². The summed E-state index contributed by atoms with van der Waals surface area (Å²) in [5.74, 6) is -3.32. The molecule has 2 unspecified atom stereocenters. The number of rotatable bonds is 21. The highest BCUT2D eigenvalue weighted by molar-refractivity contribution is 6.11. The van der Waals surface area contributed by atoms with Crippen molar-refractivity contribution in [3.05, 3.63) is 142 Å². The molecular weight excluding hydrogens is 947 g/mol. The third-order valence-electron chi connectivity index (χ3n) is 13.7. The van der Waals surface area contributed by atoms with Gasteiger partial charge < -0.3 is 35.4 Å². The van der Waals surface area contributed by atoms with Crippen molar-refractivity contribution in [3.8, 4) is 23.0 Å². The number of carbonyl (C=O) groups excluding carboxylic acids is 2. The molecule has 0 aromatic heterocycles. The molecule has 1 amide bonds. The van der Waals surface area contributed by atoms with E-state index in [1.165, 1.54) is 24.3 Å². The zero-order valence-electron chi connectivity index (χ0n) is 41.5. The summed E-state index contributed by atoms with van der Waals surface area (Å²) in [7, 11) is 0. The normalized spacial score (nSPS) is 13.7. The molecule has 0 aliphatic rings. The topological polar surface area (TPSA) is 171 Å². The van der Waals surface area contributed by atoms with Crippen LogP contribution in [0.3, 0.4) is 0 Å². The number of carboxylic acid groups (broad SMARTS) is 2. The molecule has 0 spiro atoms. The Kier molecular flexibility index (Phi) is 16.7. The summed E-state index contributed by atoms with van der Waals surface area (Å²) in [5.41, 5.74) is -9.55. The molecule has 0 bridgehead atoms. The molecule has 5 aromatic rings. The number of Topliss-reactive ketones (excluding diaryl/α,β-unsaturated/α-hetero) is 1. The number of aromatic carboxylic acids is 2. The molecule has 386 valence electrons. The molecule has 72 heavy (non-hydrogen) atoms. The number of aliphatic hydroxyl groups is 1. The lowest BCUT2D eigenvalue weighted by molar-refractivity contribution is -0.376. The molecule has 0 saturated heterocycles. The first-order valence-corrected chi connectivity index (χ1v) is 23.4. The standard InChI is InChI=1S/C55H60F6N2O9/c1-10-13-28-50(5,6)46(64)42-30-38(23-25-40(42)48(66)67)71-36-19-14-33(15-20-36)51(7,8)34-16-21-37(22-17-34)72-39-24-26-41(49(68)69)43(31-39)47(65)62-35-18-27-44(53(70,54(56,57)58)55(59,60)61)45(29-35)63-52(9,12-3)32(4)11-2/h14-27,29-32,63,70H,10-13,28H2,1-9H3,(H,62,65)(H,66,67)(H,68,69). The van der Waals surface area contributed by atoms with Crippen molar-refractivity contribution >= 4 is 35.0 Å². The molecule has 0 radical (unpaired) electrons. The van der Waals surface area contributed by atoms with Crippen LogP contribution in [-0.4, -0.2) is 56.8 Å². The second-order valence-corrected chi connectivity index (χ2v) is 19.3. The molecule has 5 aromatic carbocycles. The monoisotopic (exact) mass is 1010 g/mol. The third-order valence-corrected chi connectivity index (χ3v) is 13.7. The Morgan fingerprint density at radius 2 is 1.07 bits per heavy atom. The number of nitrogens with one attached hydrogen (secondary N) is 2. The number of alkyl halides is 6. The minimum atomic E-state index is -6.20. The number of carbonyl (C=O) groups is 4. The number of hydrogen-bond acceptors (Lipinski definition) is 8. The minimum absolute atomic E-state index is 0.0208. The summed E-state index contributed by atoms with van der Waals surface area (Å²) in [5, 5.41) is 35.4. The van der Waals surface area contributed by atoms with Crippen LogP contribution in [0, 0.1) is 11.3 Å². The fourth-order valence-electron chi connectivity index (χ4n) is 8.36. The van der Waals surface area contributed by atoms with Crippen molar-refractivity contribution in [3.63, 3.8) is 0 Å². The zero-order valence-corrected chi connectivity index (χ0v) is 41.5. The lowest BCUT2D eigenvalue weighted by Crippen LogP contribution is -2.54. The number of carboxylic acids is 2. The number of ether oxygens (including phenoxy) is 2. The maximum Gasteiger partial charge on any atom is 0.430 e. The van der Waals surface area contributed by atoms with Crippen LogP contribution in [0.25, 0.3) is 0 Å². The van der Waals surface area contributed by atoms with Gasteiger partial charge in [0.15, 0.2) is 5.78 Å². The van der Waals surface area contributed by atoms with E-state index in [4.69, 9.17) is 9.47 Å². The fraction of sp³-hybridized carbons (Fsp3) is 0.382. The summed E-state index contributed by atoms with van der Waals surface area (Å²) < 4.78 is 97.3. The highest BCUT2D eigenvalue weighted by atomic mass is 19.4. The number of anilines is 2. The highest BCUT2D eigenvalue weighted by Crippen LogP contribution is 2.53. The molecule has 5 rings (SSSR count). The molecule has 11 nitrogen and oxygen atoms in total. The highest BCUT2D eigenvalue weighted by Gasteiger charge is 2.72. The van der Waals surface area contributed by atoms with E-state index in [1.807, 2.05) is 45.0 Å². The van der Waals surface area contributed by atoms with E-state index in [9.17, 15) is 60.8 Å². The molecule has 17 heteroatoms. The van der Waals surface area contributed by atoms with Crippen LogP contribution in [0.5, 0.6) is 23.0 Å². The molecule has 0 fully saturated rings. The Hall–Kier alpha value is -6.88. The minimum Gasteiger partial charge on any atom is -0.478 e. The molecule has 0 aliphatic heterocycles. The van der Waals surface area contributed by atoms with E-state index in [-0.39, 0.29) is 40.7 Å². The largest absolute Gasteiger partial charge is 0.478 e. The first kappa shape index (κ1) is 56.0. The van der Waals surface area contributed by atoms with E-state index >= 15 is 0 Å². The molecule has 0 heterocycles. The SMILES string of the molecule is CCCCC(C)(C)C(=O)c1cc(Oc2ccc(C(C)(C)c3ccc(Oc4ccc(C(=O)O)c(C(=O)Nc5ccc(C(O)(C(F)(F)F)C(F)(F)F)c(NC(C)(CC)C(C)CC)c5)c4)cc3)cc2)ccc1C(=O)O. The maximum atomic E-state index is 14.2. The van der Waals surface area contributed by atoms with Crippen molar-refractivity contribution in [2.24, 2.45) is 11.3 Å². The van der Waals surface area contributed by atoms with Crippen LogP contribution in [0.2, 0.25) is 0 Å². The van der Waals surface area contributed by atoms with Gasteiger partial charge in [0.05, 0.1) is 16.7 Å². The number of halogens is 6. The first-order chi connectivity index (χ1) is 33.4. The van der Waals surface area contributed by atoms with Gasteiger partial charge in [-0.25, -0.2) is 9.59 Å². The number of benzene rings is 5. The molecule has 5 N–H and O–H groups in total. The van der Waals surface area contributed by atoms with Crippen LogP contribution < -0.4 is 20.1 Å². The predicted octanol–water partition coefficient (Wildman–Crippen LogP) is 14.6. The summed E-state index contributed by atoms with van der Waals surface area (Å²) in [6.45, 7) is 16.4. The quantitative estimate of drug-likeness (QED) is 0.0352. The molecule has 0 saturated carbocycles. The summed E-state index contributed by atoms with van der Waals surface area (Å²) in [6, 6.07) is 24.0. The van der Waals surface area contributed by atoms with Crippen molar-refractivity contribution in [1.82, 2.24) is 0 Å². The Morgan fingerprint density at radius 3 is 1.50 bits per heavy atom. The number of hydrogen-bond donors (Lipinski definition) is 5. The number of amides is 1. The van der Waals surface area contributed by atoms with Crippen molar-refractivity contribution in [2.75, 3.05) is 10.6 Å². The zero-order chi connectivity index (χ0) is 53.8. The lowest BCUT2D eigenvalue weighted by atomic mass is 9.78. The Morgan fingerprint density at radius 1 is 0.611 bits per heavy atom.